The van der Waals surface area contributed by atoms with Gasteiger partial charge in [-0.25, -0.2) is 0 Å². The Balaban J connectivity index is 3.15. The third kappa shape index (κ3) is 2.96. The summed E-state index contributed by atoms with van der Waals surface area (Å²) in [6.07, 6.45) is 0.832. The molecule has 0 unspecified atom stereocenters. The minimum atomic E-state index is 0.0629. The molecular formula is C11H13BrO3. The van der Waals surface area contributed by atoms with Crippen LogP contribution in [0.2, 0.25) is 0 Å². The zero-order chi connectivity index (χ0) is 11.4. The van der Waals surface area contributed by atoms with Gasteiger partial charge in [-0.3, -0.25) is 4.79 Å². The van der Waals surface area contributed by atoms with Crippen LogP contribution in [0, 0.1) is 0 Å². The number of ether oxygens (including phenoxy) is 2. The summed E-state index contributed by atoms with van der Waals surface area (Å²) in [6, 6.07) is 3.39. The summed E-state index contributed by atoms with van der Waals surface area (Å²) in [5.74, 6) is 1.19. The highest BCUT2D eigenvalue weighted by Gasteiger charge is 2.10. The van der Waals surface area contributed by atoms with Gasteiger partial charge in [-0.2, -0.15) is 0 Å². The molecule has 0 saturated carbocycles. The highest BCUT2D eigenvalue weighted by Crippen LogP contribution is 2.33. The van der Waals surface area contributed by atoms with Gasteiger partial charge in [0, 0.05) is 10.0 Å². The molecule has 0 bridgehead atoms. The smallest absolute Gasteiger partial charge is 0.162 e. The molecule has 0 heterocycles. The van der Waals surface area contributed by atoms with Gasteiger partial charge in [-0.1, -0.05) is 0 Å². The van der Waals surface area contributed by atoms with Crippen molar-refractivity contribution in [1.82, 2.24) is 0 Å². The lowest BCUT2D eigenvalue weighted by Gasteiger charge is -2.14. The molecule has 0 amide bonds. The maximum absolute atomic E-state index is 10.7. The molecular weight excluding hydrogens is 260 g/mol. The SMILES string of the molecule is COc1cc(C=O)c(Br)cc1OC(C)C. The van der Waals surface area contributed by atoms with E-state index >= 15 is 0 Å². The van der Waals surface area contributed by atoms with Gasteiger partial charge in [0.15, 0.2) is 17.8 Å². The molecule has 0 fully saturated rings. The number of rotatable bonds is 4. The van der Waals surface area contributed by atoms with E-state index in [4.69, 9.17) is 9.47 Å². The molecule has 1 aromatic carbocycles. The lowest BCUT2D eigenvalue weighted by Crippen LogP contribution is -2.07. The predicted octanol–water partition coefficient (Wildman–Crippen LogP) is 3.06. The van der Waals surface area contributed by atoms with Crippen LogP contribution in [0.1, 0.15) is 24.2 Å². The van der Waals surface area contributed by atoms with Crippen molar-refractivity contribution in [3.05, 3.63) is 22.2 Å². The maximum Gasteiger partial charge on any atom is 0.162 e. The number of halogens is 1. The van der Waals surface area contributed by atoms with Crippen LogP contribution in [-0.4, -0.2) is 19.5 Å². The van der Waals surface area contributed by atoms with E-state index in [0.717, 1.165) is 6.29 Å². The van der Waals surface area contributed by atoms with Gasteiger partial charge in [-0.05, 0) is 41.9 Å². The van der Waals surface area contributed by atoms with Gasteiger partial charge in [0.05, 0.1) is 13.2 Å². The second kappa shape index (κ2) is 5.16. The molecule has 3 nitrogen and oxygen atoms in total. The number of carbonyl (C=O) groups is 1. The second-order valence-corrected chi connectivity index (χ2v) is 4.16. The molecule has 0 spiro atoms. The van der Waals surface area contributed by atoms with E-state index in [9.17, 15) is 4.79 Å². The molecule has 0 aliphatic heterocycles. The first-order chi connectivity index (χ1) is 7.08. The van der Waals surface area contributed by atoms with Crippen molar-refractivity contribution < 1.29 is 14.3 Å². The van der Waals surface area contributed by atoms with E-state index in [2.05, 4.69) is 15.9 Å². The Morgan fingerprint density at radius 2 is 2.00 bits per heavy atom. The topological polar surface area (TPSA) is 35.5 Å². The van der Waals surface area contributed by atoms with E-state index in [1.54, 1.807) is 19.2 Å². The minimum absolute atomic E-state index is 0.0629. The molecule has 0 radical (unpaired) electrons. The van der Waals surface area contributed by atoms with Gasteiger partial charge in [0.25, 0.3) is 0 Å². The molecule has 15 heavy (non-hydrogen) atoms. The first kappa shape index (κ1) is 12.0. The van der Waals surface area contributed by atoms with Gasteiger partial charge in [0.1, 0.15) is 0 Å². The summed E-state index contributed by atoms with van der Waals surface area (Å²) < 4.78 is 11.4. The Hall–Kier alpha value is -1.03. The molecule has 0 aliphatic rings. The number of hydrogen-bond acceptors (Lipinski definition) is 3. The summed E-state index contributed by atoms with van der Waals surface area (Å²) in [5.41, 5.74) is 0.544. The van der Waals surface area contributed by atoms with Crippen LogP contribution in [0.3, 0.4) is 0 Å². The van der Waals surface area contributed by atoms with Gasteiger partial charge < -0.3 is 9.47 Å². The Kier molecular flexibility index (Phi) is 4.15. The van der Waals surface area contributed by atoms with Crippen LogP contribution in [0.5, 0.6) is 11.5 Å². The van der Waals surface area contributed by atoms with Crippen LogP contribution in [-0.2, 0) is 0 Å². The predicted molar refractivity (Wildman–Crippen MR) is 61.8 cm³/mol. The second-order valence-electron chi connectivity index (χ2n) is 3.31. The Morgan fingerprint density at radius 1 is 1.33 bits per heavy atom. The van der Waals surface area contributed by atoms with E-state index < -0.39 is 0 Å². The van der Waals surface area contributed by atoms with Crippen molar-refractivity contribution in [2.45, 2.75) is 20.0 Å². The van der Waals surface area contributed by atoms with Crippen molar-refractivity contribution in [3.8, 4) is 11.5 Å². The zero-order valence-corrected chi connectivity index (χ0v) is 10.5. The summed E-state index contributed by atoms with van der Waals surface area (Å²) in [5, 5.41) is 0. The largest absolute Gasteiger partial charge is 0.493 e. The molecule has 1 aromatic rings. The van der Waals surface area contributed by atoms with Crippen molar-refractivity contribution in [1.29, 1.82) is 0 Å². The quantitative estimate of drug-likeness (QED) is 0.791. The standard InChI is InChI=1S/C11H13BrO3/c1-7(2)15-11-5-9(12)8(6-13)4-10(11)14-3/h4-7H,1-3H3. The van der Waals surface area contributed by atoms with Crippen molar-refractivity contribution in [3.63, 3.8) is 0 Å². The van der Waals surface area contributed by atoms with Crippen molar-refractivity contribution in [2.24, 2.45) is 0 Å². The number of aldehydes is 1. The Bertz CT molecular complexity index is 361. The van der Waals surface area contributed by atoms with E-state index in [0.29, 0.717) is 21.5 Å². The third-order valence-corrected chi connectivity index (χ3v) is 2.46. The van der Waals surface area contributed by atoms with Crippen LogP contribution in [0.25, 0.3) is 0 Å². The fourth-order valence-corrected chi connectivity index (χ4v) is 1.56. The number of methoxy groups -OCH3 is 1. The van der Waals surface area contributed by atoms with E-state index in [1.165, 1.54) is 0 Å². The Labute approximate surface area is 97.5 Å². The van der Waals surface area contributed by atoms with Crippen LogP contribution < -0.4 is 9.47 Å². The fourth-order valence-electron chi connectivity index (χ4n) is 1.15. The molecule has 0 atom stereocenters. The van der Waals surface area contributed by atoms with Crippen LogP contribution in [0.15, 0.2) is 16.6 Å². The zero-order valence-electron chi connectivity index (χ0n) is 8.91. The molecule has 0 aromatic heterocycles. The molecule has 82 valence electrons. The van der Waals surface area contributed by atoms with Gasteiger partial charge >= 0.3 is 0 Å². The lowest BCUT2D eigenvalue weighted by atomic mass is 10.2. The van der Waals surface area contributed by atoms with Crippen molar-refractivity contribution >= 4 is 22.2 Å². The van der Waals surface area contributed by atoms with E-state index in [-0.39, 0.29) is 6.10 Å². The normalized spacial score (nSPS) is 10.2. The third-order valence-electron chi connectivity index (χ3n) is 1.77. The van der Waals surface area contributed by atoms with Crippen LogP contribution in [0.4, 0.5) is 0 Å². The molecule has 0 aliphatic carbocycles. The highest BCUT2D eigenvalue weighted by atomic mass is 79.9. The summed E-state index contributed by atoms with van der Waals surface area (Å²) in [4.78, 5) is 10.7. The lowest BCUT2D eigenvalue weighted by molar-refractivity contribution is 0.112. The number of benzene rings is 1. The monoisotopic (exact) mass is 272 g/mol. The summed E-state index contributed by atoms with van der Waals surface area (Å²) >= 11 is 3.29. The average Bonchev–Trinajstić information content (AvgIpc) is 2.17. The van der Waals surface area contributed by atoms with Gasteiger partial charge in [-0.15, -0.1) is 0 Å². The Morgan fingerprint density at radius 3 is 2.47 bits per heavy atom. The van der Waals surface area contributed by atoms with Gasteiger partial charge in [0.2, 0.25) is 0 Å². The minimum Gasteiger partial charge on any atom is -0.493 e. The fraction of sp³-hybridized carbons (Fsp3) is 0.364. The molecule has 1 rings (SSSR count). The first-order valence-corrected chi connectivity index (χ1v) is 5.37. The molecule has 0 saturated heterocycles. The molecule has 4 heteroatoms. The maximum atomic E-state index is 10.7. The van der Waals surface area contributed by atoms with E-state index in [1.807, 2.05) is 13.8 Å². The molecule has 0 N–H and O–H groups in total. The number of carbonyl (C=O) groups excluding carboxylic acids is 1. The van der Waals surface area contributed by atoms with Crippen LogP contribution >= 0.6 is 15.9 Å². The summed E-state index contributed by atoms with van der Waals surface area (Å²) in [6.45, 7) is 3.86. The van der Waals surface area contributed by atoms with Crippen molar-refractivity contribution in [2.75, 3.05) is 7.11 Å². The highest BCUT2D eigenvalue weighted by molar-refractivity contribution is 9.10. The first-order valence-electron chi connectivity index (χ1n) is 4.57. The average molecular weight is 273 g/mol. The summed E-state index contributed by atoms with van der Waals surface area (Å²) in [7, 11) is 1.55. The number of hydrogen-bond donors (Lipinski definition) is 0.